The van der Waals surface area contributed by atoms with Crippen molar-refractivity contribution in [2.45, 2.75) is 6.92 Å². The number of nitrogens with zero attached hydrogens (tertiary/aromatic N) is 1. The summed E-state index contributed by atoms with van der Waals surface area (Å²) in [7, 11) is 1.46. The summed E-state index contributed by atoms with van der Waals surface area (Å²) in [6.07, 6.45) is 0. The Kier molecular flexibility index (Phi) is 3.11. The summed E-state index contributed by atoms with van der Waals surface area (Å²) in [6.45, 7) is 1.63. The van der Waals surface area contributed by atoms with Gasteiger partial charge in [0.2, 0.25) is 0 Å². The summed E-state index contributed by atoms with van der Waals surface area (Å²) in [5.41, 5.74) is 0.540. The average molecular weight is 290 g/mol. The molecule has 6 heteroatoms. The van der Waals surface area contributed by atoms with E-state index in [1.165, 1.54) is 7.11 Å². The van der Waals surface area contributed by atoms with Gasteiger partial charge < -0.3 is 13.9 Å². The Bertz CT molecular complexity index is 526. The molecule has 1 aromatic heterocycles. The van der Waals surface area contributed by atoms with Crippen LogP contribution >= 0.6 is 15.9 Å². The minimum atomic E-state index is -0.557. The van der Waals surface area contributed by atoms with Crippen molar-refractivity contribution < 1.29 is 18.3 Å². The van der Waals surface area contributed by atoms with E-state index in [9.17, 15) is 4.39 Å². The summed E-state index contributed by atoms with van der Waals surface area (Å²) in [6, 6.07) is 1.61. The number of oxazole rings is 1. The molecule has 2 rings (SSSR count). The van der Waals surface area contributed by atoms with E-state index in [1.54, 1.807) is 13.0 Å². The van der Waals surface area contributed by atoms with Crippen LogP contribution in [-0.4, -0.2) is 18.9 Å². The van der Waals surface area contributed by atoms with Crippen molar-refractivity contribution in [1.29, 1.82) is 0 Å². The van der Waals surface area contributed by atoms with Gasteiger partial charge in [0.15, 0.2) is 29.8 Å². The monoisotopic (exact) mass is 289 g/mol. The van der Waals surface area contributed by atoms with E-state index in [0.29, 0.717) is 15.9 Å². The van der Waals surface area contributed by atoms with Crippen LogP contribution in [0.25, 0.3) is 11.1 Å². The van der Waals surface area contributed by atoms with Crippen molar-refractivity contribution >= 4 is 27.0 Å². The quantitative estimate of drug-likeness (QED) is 0.815. The van der Waals surface area contributed by atoms with Gasteiger partial charge in [0, 0.05) is 20.1 Å². The Balaban J connectivity index is 2.56. The minimum Gasteiger partial charge on any atom is -0.463 e. The van der Waals surface area contributed by atoms with Crippen molar-refractivity contribution in [3.8, 4) is 5.75 Å². The smallest absolute Gasteiger partial charge is 0.195 e. The minimum absolute atomic E-state index is 0.0299. The molecule has 0 atom stereocenters. The highest BCUT2D eigenvalue weighted by atomic mass is 79.9. The van der Waals surface area contributed by atoms with E-state index in [0.717, 1.165) is 0 Å². The number of aryl methyl sites for hydroxylation is 1. The van der Waals surface area contributed by atoms with Gasteiger partial charge in [0.25, 0.3) is 0 Å². The van der Waals surface area contributed by atoms with Crippen LogP contribution in [0.4, 0.5) is 4.39 Å². The van der Waals surface area contributed by atoms with Crippen LogP contribution in [-0.2, 0) is 4.74 Å². The van der Waals surface area contributed by atoms with E-state index in [2.05, 4.69) is 20.9 Å². The predicted octanol–water partition coefficient (Wildman–Crippen LogP) is 3.02. The molecule has 0 N–H and O–H groups in total. The van der Waals surface area contributed by atoms with Gasteiger partial charge in [0.1, 0.15) is 5.52 Å². The lowest BCUT2D eigenvalue weighted by Gasteiger charge is -2.07. The molecule has 4 nitrogen and oxygen atoms in total. The number of methoxy groups -OCH3 is 1. The molecule has 0 saturated heterocycles. The van der Waals surface area contributed by atoms with E-state index >= 15 is 0 Å². The Labute approximate surface area is 99.5 Å². The molecule has 0 fully saturated rings. The maximum atomic E-state index is 13.9. The molecule has 16 heavy (non-hydrogen) atoms. The number of hydrogen-bond acceptors (Lipinski definition) is 4. The summed E-state index contributed by atoms with van der Waals surface area (Å²) < 4.78 is 29.4. The molecule has 0 saturated carbocycles. The summed E-state index contributed by atoms with van der Waals surface area (Å²) in [5.74, 6) is -0.0781. The van der Waals surface area contributed by atoms with Crippen LogP contribution in [0, 0.1) is 12.7 Å². The summed E-state index contributed by atoms with van der Waals surface area (Å²) in [4.78, 5) is 3.94. The van der Waals surface area contributed by atoms with Gasteiger partial charge in [-0.05, 0) is 15.9 Å². The molecule has 0 amide bonds. The van der Waals surface area contributed by atoms with Gasteiger partial charge in [-0.3, -0.25) is 0 Å². The maximum Gasteiger partial charge on any atom is 0.195 e. The number of hydrogen-bond donors (Lipinski definition) is 0. The van der Waals surface area contributed by atoms with E-state index < -0.39 is 5.82 Å². The second-order valence-corrected chi connectivity index (χ2v) is 3.99. The van der Waals surface area contributed by atoms with Crippen molar-refractivity contribution in [3.63, 3.8) is 0 Å². The lowest BCUT2D eigenvalue weighted by atomic mass is 10.3. The van der Waals surface area contributed by atoms with Crippen LogP contribution < -0.4 is 4.74 Å². The second kappa shape index (κ2) is 4.39. The van der Waals surface area contributed by atoms with Gasteiger partial charge in [-0.2, -0.15) is 0 Å². The number of aromatic nitrogens is 1. The topological polar surface area (TPSA) is 44.5 Å². The van der Waals surface area contributed by atoms with Crippen LogP contribution in [0.3, 0.4) is 0 Å². The van der Waals surface area contributed by atoms with E-state index in [4.69, 9.17) is 13.9 Å². The number of fused-ring (bicyclic) bond motifs is 1. The standard InChI is InChI=1S/C10H9BrFNO3/c1-5-13-9-7(16-5)3-6(11)10(8(9)12)15-4-14-2/h3H,4H2,1-2H3. The molecular formula is C10H9BrFNO3. The van der Waals surface area contributed by atoms with Gasteiger partial charge in [-0.15, -0.1) is 0 Å². The highest BCUT2D eigenvalue weighted by Gasteiger charge is 2.17. The lowest BCUT2D eigenvalue weighted by Crippen LogP contribution is -2.01. The number of benzene rings is 1. The third-order valence-electron chi connectivity index (χ3n) is 1.96. The zero-order valence-electron chi connectivity index (χ0n) is 8.71. The first kappa shape index (κ1) is 11.3. The molecule has 1 heterocycles. The molecular weight excluding hydrogens is 281 g/mol. The molecule has 0 spiro atoms. The third kappa shape index (κ3) is 1.90. The van der Waals surface area contributed by atoms with Crippen LogP contribution in [0.5, 0.6) is 5.75 Å². The molecule has 0 bridgehead atoms. The molecule has 0 radical (unpaired) electrons. The fraction of sp³-hybridized carbons (Fsp3) is 0.300. The first-order chi connectivity index (χ1) is 7.63. The van der Waals surface area contributed by atoms with Crippen LogP contribution in [0.15, 0.2) is 15.0 Å². The highest BCUT2D eigenvalue weighted by molar-refractivity contribution is 9.10. The van der Waals surface area contributed by atoms with E-state index in [1.807, 2.05) is 0 Å². The summed E-state index contributed by atoms with van der Waals surface area (Å²) in [5, 5.41) is 0. The molecule has 86 valence electrons. The highest BCUT2D eigenvalue weighted by Crippen LogP contribution is 2.34. The first-order valence-electron chi connectivity index (χ1n) is 4.50. The summed E-state index contributed by atoms with van der Waals surface area (Å²) >= 11 is 3.20. The molecule has 0 unspecified atom stereocenters. The SMILES string of the molecule is COCOc1c(Br)cc2oc(C)nc2c1F. The van der Waals surface area contributed by atoms with Crippen molar-refractivity contribution in [3.05, 3.63) is 22.2 Å². The van der Waals surface area contributed by atoms with Crippen LogP contribution in [0.2, 0.25) is 0 Å². The predicted molar refractivity (Wildman–Crippen MR) is 58.9 cm³/mol. The molecule has 0 aliphatic heterocycles. The zero-order valence-corrected chi connectivity index (χ0v) is 10.3. The average Bonchev–Trinajstić information content (AvgIpc) is 2.59. The normalized spacial score (nSPS) is 11.0. The Hall–Kier alpha value is -1.14. The first-order valence-corrected chi connectivity index (χ1v) is 5.29. The Morgan fingerprint density at radius 1 is 1.56 bits per heavy atom. The molecule has 0 aliphatic carbocycles. The number of ether oxygens (including phenoxy) is 2. The fourth-order valence-corrected chi connectivity index (χ4v) is 1.84. The number of halogens is 2. The molecule has 2 aromatic rings. The Morgan fingerprint density at radius 2 is 2.31 bits per heavy atom. The second-order valence-electron chi connectivity index (χ2n) is 3.13. The third-order valence-corrected chi connectivity index (χ3v) is 2.55. The van der Waals surface area contributed by atoms with E-state index in [-0.39, 0.29) is 18.1 Å². The van der Waals surface area contributed by atoms with Crippen LogP contribution in [0.1, 0.15) is 5.89 Å². The largest absolute Gasteiger partial charge is 0.463 e. The van der Waals surface area contributed by atoms with Gasteiger partial charge in [-0.1, -0.05) is 0 Å². The van der Waals surface area contributed by atoms with Gasteiger partial charge >= 0.3 is 0 Å². The maximum absolute atomic E-state index is 13.9. The zero-order chi connectivity index (χ0) is 11.7. The number of rotatable bonds is 3. The van der Waals surface area contributed by atoms with Crippen molar-refractivity contribution in [2.24, 2.45) is 0 Å². The van der Waals surface area contributed by atoms with Gasteiger partial charge in [-0.25, -0.2) is 9.37 Å². The Morgan fingerprint density at radius 3 is 3.00 bits per heavy atom. The van der Waals surface area contributed by atoms with Gasteiger partial charge in [0.05, 0.1) is 4.47 Å². The fourth-order valence-electron chi connectivity index (χ4n) is 1.34. The van der Waals surface area contributed by atoms with Crippen molar-refractivity contribution in [1.82, 2.24) is 4.98 Å². The lowest BCUT2D eigenvalue weighted by molar-refractivity contribution is 0.0479. The van der Waals surface area contributed by atoms with Crippen molar-refractivity contribution in [2.75, 3.05) is 13.9 Å². The molecule has 1 aromatic carbocycles. The molecule has 0 aliphatic rings.